The molecule has 6 rings (SSSR count). The Labute approximate surface area is 233 Å². The average Bonchev–Trinajstić information content (AvgIpc) is 3.40. The number of halogens is 1. The number of aryl methyl sites for hydroxylation is 2. The number of benzene rings is 3. The Morgan fingerprint density at radius 3 is 2.28 bits per heavy atom. The van der Waals surface area contributed by atoms with Gasteiger partial charge in [0.15, 0.2) is 0 Å². The van der Waals surface area contributed by atoms with Crippen LogP contribution in [0.1, 0.15) is 34.1 Å². The van der Waals surface area contributed by atoms with Crippen LogP contribution in [0.15, 0.2) is 100 Å². The Morgan fingerprint density at radius 1 is 0.923 bits per heavy atom. The maximum Gasteiger partial charge on any atom is 0.260 e. The van der Waals surface area contributed by atoms with Crippen LogP contribution in [0.3, 0.4) is 0 Å². The molecule has 0 radical (unpaired) electrons. The molecule has 39 heavy (non-hydrogen) atoms. The highest BCUT2D eigenvalue weighted by molar-refractivity contribution is 6.30. The summed E-state index contributed by atoms with van der Waals surface area (Å²) in [5, 5.41) is 4.90. The third-order valence-electron chi connectivity index (χ3n) is 7.17. The van der Waals surface area contributed by atoms with Gasteiger partial charge in [-0.2, -0.15) is 4.98 Å². The quantitative estimate of drug-likeness (QED) is 0.311. The van der Waals surface area contributed by atoms with Gasteiger partial charge in [-0.05, 0) is 67.9 Å². The molecule has 1 aromatic heterocycles. The Kier molecular flexibility index (Phi) is 6.59. The van der Waals surface area contributed by atoms with Gasteiger partial charge in [-0.15, -0.1) is 0 Å². The largest absolute Gasteiger partial charge is 0.441 e. The molecule has 1 atom stereocenters. The second-order valence-corrected chi connectivity index (χ2v) is 10.7. The number of nitrogens with zero attached hydrogens (tertiary/aromatic N) is 3. The van der Waals surface area contributed by atoms with E-state index >= 15 is 0 Å². The molecule has 4 aromatic rings. The Bertz CT molecular complexity index is 1610. The zero-order chi connectivity index (χ0) is 27.1. The lowest BCUT2D eigenvalue weighted by molar-refractivity contribution is 0.256. The van der Waals surface area contributed by atoms with Gasteiger partial charge in [0.1, 0.15) is 5.76 Å². The number of hydrogen-bond acceptors (Lipinski definition) is 6. The second-order valence-electron chi connectivity index (χ2n) is 10.3. The molecule has 3 aromatic carbocycles. The van der Waals surface area contributed by atoms with Crippen molar-refractivity contribution in [2.45, 2.75) is 19.8 Å². The van der Waals surface area contributed by atoms with Crippen LogP contribution in [0.5, 0.6) is 0 Å². The van der Waals surface area contributed by atoms with E-state index in [1.807, 2.05) is 12.1 Å². The van der Waals surface area contributed by atoms with Crippen molar-refractivity contribution in [3.8, 4) is 11.4 Å². The number of allylic oxidation sites excluding steroid dienone is 1. The molecule has 0 saturated carbocycles. The first-order valence-corrected chi connectivity index (χ1v) is 13.3. The van der Waals surface area contributed by atoms with Gasteiger partial charge in [0.25, 0.3) is 5.89 Å². The van der Waals surface area contributed by atoms with Crippen molar-refractivity contribution in [1.29, 1.82) is 0 Å². The van der Waals surface area contributed by atoms with E-state index in [1.165, 1.54) is 11.1 Å². The topological polar surface area (TPSA) is 77.4 Å². The molecule has 2 aliphatic heterocycles. The lowest BCUT2D eigenvalue weighted by Crippen LogP contribution is -2.35. The minimum absolute atomic E-state index is 0.211. The normalized spacial score (nSPS) is 18.9. The van der Waals surface area contributed by atoms with Crippen LogP contribution >= 0.6 is 11.6 Å². The smallest absolute Gasteiger partial charge is 0.260 e. The Hall–Kier alpha value is -4.13. The summed E-state index contributed by atoms with van der Waals surface area (Å²) in [4.78, 5) is 7.03. The fourth-order valence-electron chi connectivity index (χ4n) is 5.20. The van der Waals surface area contributed by atoms with Crippen LogP contribution in [0.4, 0.5) is 0 Å². The first-order chi connectivity index (χ1) is 18.9. The Balaban J connectivity index is 1.48. The molecule has 196 valence electrons. The van der Waals surface area contributed by atoms with Gasteiger partial charge >= 0.3 is 0 Å². The molecule has 6 nitrogen and oxygen atoms in total. The molecule has 0 spiro atoms. The van der Waals surface area contributed by atoms with Crippen molar-refractivity contribution in [2.75, 3.05) is 20.1 Å². The van der Waals surface area contributed by atoms with Crippen molar-refractivity contribution in [1.82, 2.24) is 15.0 Å². The maximum atomic E-state index is 6.69. The highest BCUT2D eigenvalue weighted by atomic mass is 35.5. The van der Waals surface area contributed by atoms with Crippen LogP contribution in [0.2, 0.25) is 5.02 Å². The third kappa shape index (κ3) is 5.01. The fraction of sp³-hybridized carbons (Fsp3) is 0.188. The predicted molar refractivity (Wildman–Crippen MR) is 155 cm³/mol. The van der Waals surface area contributed by atoms with Gasteiger partial charge in [-0.3, -0.25) is 4.90 Å². The van der Waals surface area contributed by atoms with Crippen LogP contribution in [-0.2, 0) is 4.74 Å². The second kappa shape index (κ2) is 10.2. The highest BCUT2D eigenvalue weighted by Crippen LogP contribution is 2.47. The lowest BCUT2D eigenvalue weighted by Gasteiger charge is -2.37. The van der Waals surface area contributed by atoms with Gasteiger partial charge in [0.05, 0.1) is 5.57 Å². The van der Waals surface area contributed by atoms with E-state index in [-0.39, 0.29) is 11.8 Å². The molecule has 3 heterocycles. The molecular weight excluding hydrogens is 508 g/mol. The Morgan fingerprint density at radius 2 is 1.59 bits per heavy atom. The summed E-state index contributed by atoms with van der Waals surface area (Å²) in [6, 6.07) is 24.3. The van der Waals surface area contributed by atoms with E-state index in [0.717, 1.165) is 40.1 Å². The van der Waals surface area contributed by atoms with Gasteiger partial charge in [-0.25, -0.2) is 0 Å². The van der Waals surface area contributed by atoms with Crippen molar-refractivity contribution < 1.29 is 9.26 Å². The summed E-state index contributed by atoms with van der Waals surface area (Å²) in [6.07, 6.45) is 2.18. The summed E-state index contributed by atoms with van der Waals surface area (Å²) in [6.45, 7) is 5.63. The van der Waals surface area contributed by atoms with Crippen LogP contribution in [0.25, 0.3) is 23.0 Å². The molecule has 0 aliphatic carbocycles. The number of rotatable bonds is 4. The van der Waals surface area contributed by atoms with E-state index in [2.05, 4.69) is 85.6 Å². The maximum absolute atomic E-state index is 6.69. The van der Waals surface area contributed by atoms with Crippen LogP contribution in [-0.4, -0.2) is 35.2 Å². The van der Waals surface area contributed by atoms with E-state index in [0.29, 0.717) is 28.9 Å². The van der Waals surface area contributed by atoms with Crippen molar-refractivity contribution in [3.63, 3.8) is 0 Å². The van der Waals surface area contributed by atoms with Crippen LogP contribution < -0.4 is 5.73 Å². The number of likely N-dealkylation sites (N-methyl/N-ethyl adjacent to an activating group) is 1. The summed E-state index contributed by atoms with van der Waals surface area (Å²) in [7, 11) is 2.12. The van der Waals surface area contributed by atoms with E-state index < -0.39 is 0 Å². The molecule has 7 heteroatoms. The zero-order valence-electron chi connectivity index (χ0n) is 22.1. The molecular formula is C32H29ClN4O2. The van der Waals surface area contributed by atoms with Crippen molar-refractivity contribution in [2.24, 2.45) is 5.73 Å². The summed E-state index contributed by atoms with van der Waals surface area (Å²) in [5.41, 5.74) is 15.0. The molecule has 1 unspecified atom stereocenters. The standard InChI is InChI=1S/C32H29ClN4O2/c1-19-4-8-21(9-5-19)16-24-17-37(3)18-26-27(22-10-6-20(2)7-11-22)28(30(34)38-29(24)26)32-35-31(36-39-32)23-12-14-25(33)15-13-23/h4-16,27H,17-18,34H2,1-3H3/b24-16+. The molecule has 0 fully saturated rings. The number of aromatic nitrogens is 2. The molecule has 0 amide bonds. The van der Waals surface area contributed by atoms with E-state index in [1.54, 1.807) is 12.1 Å². The van der Waals surface area contributed by atoms with Crippen molar-refractivity contribution >= 4 is 23.3 Å². The first kappa shape index (κ1) is 25.2. The summed E-state index contributed by atoms with van der Waals surface area (Å²) in [5.74, 6) is 1.68. The fourth-order valence-corrected chi connectivity index (χ4v) is 5.33. The molecule has 0 saturated heterocycles. The third-order valence-corrected chi connectivity index (χ3v) is 7.42. The lowest BCUT2D eigenvalue weighted by atomic mass is 9.79. The number of nitrogens with two attached hydrogens (primary N) is 1. The molecule has 2 aliphatic rings. The summed E-state index contributed by atoms with van der Waals surface area (Å²) >= 11 is 6.07. The summed E-state index contributed by atoms with van der Waals surface area (Å²) < 4.78 is 12.2. The SMILES string of the molecule is Cc1ccc(/C=C2\CN(C)CC3=C2OC(N)=C(c2nc(-c4ccc(Cl)cc4)no2)C3c2ccc(C)cc2)cc1. The monoisotopic (exact) mass is 536 g/mol. The van der Waals surface area contributed by atoms with E-state index in [9.17, 15) is 0 Å². The number of hydrogen-bond donors (Lipinski definition) is 1. The minimum atomic E-state index is -0.211. The highest BCUT2D eigenvalue weighted by Gasteiger charge is 2.39. The van der Waals surface area contributed by atoms with E-state index in [4.69, 9.17) is 31.6 Å². The first-order valence-electron chi connectivity index (χ1n) is 12.9. The van der Waals surface area contributed by atoms with Gasteiger partial charge in [0.2, 0.25) is 11.7 Å². The van der Waals surface area contributed by atoms with Crippen molar-refractivity contribution in [3.05, 3.63) is 129 Å². The molecule has 2 N–H and O–H groups in total. The van der Waals surface area contributed by atoms with Gasteiger partial charge in [-0.1, -0.05) is 76.4 Å². The number of ether oxygens (including phenoxy) is 1. The van der Waals surface area contributed by atoms with Gasteiger partial charge < -0.3 is 15.0 Å². The van der Waals surface area contributed by atoms with Gasteiger partial charge in [0, 0.05) is 35.2 Å². The molecule has 0 bridgehead atoms. The minimum Gasteiger partial charge on any atom is -0.441 e. The zero-order valence-corrected chi connectivity index (χ0v) is 22.9. The average molecular weight is 537 g/mol. The predicted octanol–water partition coefficient (Wildman–Crippen LogP) is 6.73. The van der Waals surface area contributed by atoms with Crippen LogP contribution in [0, 0.1) is 13.8 Å².